The van der Waals surface area contributed by atoms with Gasteiger partial charge in [-0.15, -0.1) is 0 Å². The molecule has 1 aromatic carbocycles. The number of fused-ring (bicyclic) bond motifs is 1. The summed E-state index contributed by atoms with van der Waals surface area (Å²) in [5.74, 6) is 0.743. The zero-order valence-electron chi connectivity index (χ0n) is 12.0. The van der Waals surface area contributed by atoms with Crippen LogP contribution in [0.2, 0.25) is 10.0 Å². The number of benzene rings is 1. The van der Waals surface area contributed by atoms with Crippen molar-refractivity contribution in [3.8, 4) is 5.75 Å². The van der Waals surface area contributed by atoms with Crippen LogP contribution in [0, 0.1) is 6.92 Å². The molecule has 3 rings (SSSR count). The van der Waals surface area contributed by atoms with E-state index in [2.05, 4.69) is 17.3 Å². The molecule has 0 saturated carbocycles. The molecular weight excluding hydrogens is 309 g/mol. The summed E-state index contributed by atoms with van der Waals surface area (Å²) in [6.07, 6.45) is 2.79. The third-order valence-electron chi connectivity index (χ3n) is 3.94. The highest BCUT2D eigenvalue weighted by atomic mass is 35.5. The van der Waals surface area contributed by atoms with Crippen LogP contribution >= 0.6 is 23.2 Å². The first-order valence-electron chi connectivity index (χ1n) is 6.89. The number of hydrogen-bond donors (Lipinski definition) is 1. The molecular formula is C15H17Cl2N3O. The van der Waals surface area contributed by atoms with Gasteiger partial charge in [0.2, 0.25) is 0 Å². The molecule has 2 aromatic rings. The maximum atomic E-state index is 6.21. The molecule has 2 heterocycles. The molecule has 0 fully saturated rings. The van der Waals surface area contributed by atoms with Crippen molar-refractivity contribution >= 4 is 23.2 Å². The minimum absolute atomic E-state index is 0.185. The Bertz CT molecular complexity index is 669. The monoisotopic (exact) mass is 325 g/mol. The van der Waals surface area contributed by atoms with Crippen molar-refractivity contribution in [2.75, 3.05) is 6.61 Å². The van der Waals surface area contributed by atoms with E-state index >= 15 is 0 Å². The predicted octanol–water partition coefficient (Wildman–Crippen LogP) is 3.65. The van der Waals surface area contributed by atoms with Crippen LogP contribution in [-0.4, -0.2) is 16.4 Å². The maximum Gasteiger partial charge on any atom is 0.142 e. The van der Waals surface area contributed by atoms with E-state index in [9.17, 15) is 0 Å². The van der Waals surface area contributed by atoms with Gasteiger partial charge in [-0.1, -0.05) is 23.2 Å². The highest BCUT2D eigenvalue weighted by Gasteiger charge is 2.24. The molecule has 0 amide bonds. The van der Waals surface area contributed by atoms with Gasteiger partial charge >= 0.3 is 0 Å². The van der Waals surface area contributed by atoms with Gasteiger partial charge in [0.05, 0.1) is 17.8 Å². The zero-order chi connectivity index (χ0) is 15.0. The van der Waals surface area contributed by atoms with E-state index < -0.39 is 0 Å². The quantitative estimate of drug-likeness (QED) is 0.936. The Morgan fingerprint density at radius 3 is 2.95 bits per heavy atom. The number of aryl methyl sites for hydroxylation is 1. The van der Waals surface area contributed by atoms with E-state index in [1.165, 1.54) is 11.3 Å². The van der Waals surface area contributed by atoms with E-state index in [-0.39, 0.29) is 6.04 Å². The highest BCUT2D eigenvalue weighted by molar-refractivity contribution is 6.35. The molecule has 0 saturated heterocycles. The molecule has 1 aromatic heterocycles. The Labute approximate surface area is 134 Å². The number of nitrogens with one attached hydrogen (secondary N) is 1. The van der Waals surface area contributed by atoms with Gasteiger partial charge in [-0.25, -0.2) is 0 Å². The van der Waals surface area contributed by atoms with E-state index in [1.54, 1.807) is 6.07 Å². The summed E-state index contributed by atoms with van der Waals surface area (Å²) in [6.45, 7) is 3.47. The van der Waals surface area contributed by atoms with Crippen molar-refractivity contribution in [2.24, 2.45) is 7.05 Å². The van der Waals surface area contributed by atoms with Crippen LogP contribution in [0.4, 0.5) is 0 Å². The Balaban J connectivity index is 1.81. The van der Waals surface area contributed by atoms with Crippen LogP contribution in [0.15, 0.2) is 18.3 Å². The fourth-order valence-corrected chi connectivity index (χ4v) is 3.15. The first-order chi connectivity index (χ1) is 10.1. The number of ether oxygens (including phenoxy) is 1. The van der Waals surface area contributed by atoms with E-state index in [1.807, 2.05) is 24.0 Å². The van der Waals surface area contributed by atoms with Crippen LogP contribution in [0.25, 0.3) is 0 Å². The van der Waals surface area contributed by atoms with Crippen LogP contribution in [-0.2, 0) is 13.6 Å². The Morgan fingerprint density at radius 1 is 1.43 bits per heavy atom. The van der Waals surface area contributed by atoms with Gasteiger partial charge in [0.15, 0.2) is 0 Å². The van der Waals surface area contributed by atoms with Crippen molar-refractivity contribution in [3.05, 3.63) is 45.2 Å². The standard InChI is InChI=1S/C15H17Cl2N3O/c1-9-10(8-19-20(9)2)7-18-14-3-4-21-15-12(14)5-11(16)6-13(15)17/h5-6,8,14,18H,3-4,7H2,1-2H3. The summed E-state index contributed by atoms with van der Waals surface area (Å²) < 4.78 is 7.55. The van der Waals surface area contributed by atoms with E-state index in [4.69, 9.17) is 27.9 Å². The molecule has 0 radical (unpaired) electrons. The second-order valence-corrected chi connectivity index (χ2v) is 6.10. The summed E-state index contributed by atoms with van der Waals surface area (Å²) in [5, 5.41) is 9.02. The fraction of sp³-hybridized carbons (Fsp3) is 0.400. The average molecular weight is 326 g/mol. The predicted molar refractivity (Wildman–Crippen MR) is 84.1 cm³/mol. The van der Waals surface area contributed by atoms with Gasteiger partial charge < -0.3 is 10.1 Å². The first-order valence-corrected chi connectivity index (χ1v) is 7.64. The van der Waals surface area contributed by atoms with E-state index in [0.29, 0.717) is 16.7 Å². The SMILES string of the molecule is Cc1c(CNC2CCOc3c(Cl)cc(Cl)cc32)cnn1C. The summed E-state index contributed by atoms with van der Waals surface area (Å²) >= 11 is 12.3. The third kappa shape index (κ3) is 2.89. The van der Waals surface area contributed by atoms with Gasteiger partial charge in [-0.2, -0.15) is 5.10 Å². The minimum Gasteiger partial charge on any atom is -0.492 e. The number of halogens is 2. The van der Waals surface area contributed by atoms with Gasteiger partial charge in [0.1, 0.15) is 5.75 Å². The Kier molecular flexibility index (Phi) is 4.11. The Morgan fingerprint density at radius 2 is 2.24 bits per heavy atom. The number of aromatic nitrogens is 2. The largest absolute Gasteiger partial charge is 0.492 e. The molecule has 0 bridgehead atoms. The number of nitrogens with zero attached hydrogens (tertiary/aromatic N) is 2. The molecule has 1 atom stereocenters. The summed E-state index contributed by atoms with van der Waals surface area (Å²) in [7, 11) is 1.95. The van der Waals surface area contributed by atoms with Crippen molar-refractivity contribution in [1.29, 1.82) is 0 Å². The lowest BCUT2D eigenvalue weighted by Gasteiger charge is -2.27. The van der Waals surface area contributed by atoms with Crippen LogP contribution < -0.4 is 10.1 Å². The normalized spacial score (nSPS) is 17.4. The fourth-order valence-electron chi connectivity index (χ4n) is 2.59. The number of rotatable bonds is 3. The minimum atomic E-state index is 0.185. The first kappa shape index (κ1) is 14.7. The molecule has 1 aliphatic heterocycles. The maximum absolute atomic E-state index is 6.21. The van der Waals surface area contributed by atoms with Gasteiger partial charge in [0, 0.05) is 47.9 Å². The molecule has 112 valence electrons. The second-order valence-electron chi connectivity index (χ2n) is 5.26. The lowest BCUT2D eigenvalue weighted by molar-refractivity contribution is 0.252. The average Bonchev–Trinajstić information content (AvgIpc) is 2.77. The van der Waals surface area contributed by atoms with Gasteiger partial charge in [-0.3, -0.25) is 4.68 Å². The Hall–Kier alpha value is -1.23. The summed E-state index contributed by atoms with van der Waals surface area (Å²) in [6, 6.07) is 3.83. The molecule has 4 nitrogen and oxygen atoms in total. The molecule has 0 spiro atoms. The third-order valence-corrected chi connectivity index (χ3v) is 4.44. The molecule has 1 unspecified atom stereocenters. The summed E-state index contributed by atoms with van der Waals surface area (Å²) in [4.78, 5) is 0. The molecule has 1 N–H and O–H groups in total. The van der Waals surface area contributed by atoms with Crippen LogP contribution in [0.5, 0.6) is 5.75 Å². The molecule has 0 aliphatic carbocycles. The topological polar surface area (TPSA) is 39.1 Å². The van der Waals surface area contributed by atoms with Crippen LogP contribution in [0.1, 0.15) is 29.3 Å². The summed E-state index contributed by atoms with van der Waals surface area (Å²) in [5.41, 5.74) is 3.39. The van der Waals surface area contributed by atoms with Crippen LogP contribution in [0.3, 0.4) is 0 Å². The van der Waals surface area contributed by atoms with Crippen molar-refractivity contribution < 1.29 is 4.74 Å². The van der Waals surface area contributed by atoms with Crippen molar-refractivity contribution in [2.45, 2.75) is 25.9 Å². The molecule has 1 aliphatic rings. The van der Waals surface area contributed by atoms with Crippen molar-refractivity contribution in [1.82, 2.24) is 15.1 Å². The lowest BCUT2D eigenvalue weighted by Crippen LogP contribution is -2.27. The van der Waals surface area contributed by atoms with Gasteiger partial charge in [-0.05, 0) is 19.1 Å². The van der Waals surface area contributed by atoms with Gasteiger partial charge in [0.25, 0.3) is 0 Å². The highest BCUT2D eigenvalue weighted by Crippen LogP contribution is 2.40. The smallest absolute Gasteiger partial charge is 0.142 e. The van der Waals surface area contributed by atoms with Crippen molar-refractivity contribution in [3.63, 3.8) is 0 Å². The number of hydrogen-bond acceptors (Lipinski definition) is 3. The van der Waals surface area contributed by atoms with E-state index in [0.717, 1.165) is 24.3 Å². The lowest BCUT2D eigenvalue weighted by atomic mass is 10.00. The zero-order valence-corrected chi connectivity index (χ0v) is 13.5. The molecule has 6 heteroatoms. The molecule has 21 heavy (non-hydrogen) atoms. The second kappa shape index (κ2) is 5.87.